The van der Waals surface area contributed by atoms with Crippen LogP contribution < -0.4 is 24.3 Å². The van der Waals surface area contributed by atoms with E-state index in [2.05, 4.69) is 5.32 Å². The third-order valence-electron chi connectivity index (χ3n) is 4.78. The SMILES string of the molecule is COc1cc(/C=C(\C#N)C(=O)Nc2cccc(Cl)c2)ccc1OCc1ccc2c(c1)OCO2. The molecule has 4 rings (SSSR count). The Morgan fingerprint density at radius 3 is 2.76 bits per heavy atom. The number of nitriles is 1. The lowest BCUT2D eigenvalue weighted by molar-refractivity contribution is -0.112. The van der Waals surface area contributed by atoms with Crippen LogP contribution >= 0.6 is 11.6 Å². The van der Waals surface area contributed by atoms with Crippen molar-refractivity contribution < 1.29 is 23.7 Å². The quantitative estimate of drug-likeness (QED) is 0.383. The first-order valence-corrected chi connectivity index (χ1v) is 10.3. The van der Waals surface area contributed by atoms with Crippen LogP contribution in [0.3, 0.4) is 0 Å². The van der Waals surface area contributed by atoms with E-state index >= 15 is 0 Å². The van der Waals surface area contributed by atoms with Crippen LogP contribution in [0.2, 0.25) is 5.02 Å². The Morgan fingerprint density at radius 1 is 1.12 bits per heavy atom. The minimum atomic E-state index is -0.540. The number of benzene rings is 3. The first kappa shape index (κ1) is 22.1. The van der Waals surface area contributed by atoms with Gasteiger partial charge in [0.15, 0.2) is 23.0 Å². The van der Waals surface area contributed by atoms with Gasteiger partial charge in [0.1, 0.15) is 18.2 Å². The third kappa shape index (κ3) is 5.37. The van der Waals surface area contributed by atoms with Crippen molar-refractivity contribution in [3.8, 4) is 29.1 Å². The number of halogens is 1. The van der Waals surface area contributed by atoms with Crippen molar-refractivity contribution >= 4 is 29.3 Å². The van der Waals surface area contributed by atoms with Crippen LogP contribution in [0, 0.1) is 11.3 Å². The molecule has 3 aromatic rings. The molecule has 0 bridgehead atoms. The van der Waals surface area contributed by atoms with Crippen molar-refractivity contribution in [1.82, 2.24) is 0 Å². The predicted octanol–water partition coefficient (Wildman–Crippen LogP) is 5.20. The maximum Gasteiger partial charge on any atom is 0.266 e. The topological polar surface area (TPSA) is 89.8 Å². The van der Waals surface area contributed by atoms with Gasteiger partial charge < -0.3 is 24.3 Å². The zero-order valence-electron chi connectivity index (χ0n) is 17.6. The standard InChI is InChI=1S/C25H19ClN2O5/c1-30-23-10-16(9-18(13-27)25(29)28-20-4-2-3-19(26)12-20)5-7-21(23)31-14-17-6-8-22-24(11-17)33-15-32-22/h2-12H,14-15H2,1H3,(H,28,29)/b18-9+. The van der Waals surface area contributed by atoms with Crippen LogP contribution in [-0.4, -0.2) is 19.8 Å². The highest BCUT2D eigenvalue weighted by atomic mass is 35.5. The lowest BCUT2D eigenvalue weighted by Gasteiger charge is -2.12. The van der Waals surface area contributed by atoms with Crippen molar-refractivity contribution in [2.75, 3.05) is 19.2 Å². The molecule has 1 aliphatic rings. The van der Waals surface area contributed by atoms with Gasteiger partial charge in [-0.3, -0.25) is 4.79 Å². The molecule has 0 aliphatic carbocycles. The summed E-state index contributed by atoms with van der Waals surface area (Å²) in [5, 5.41) is 12.6. The van der Waals surface area contributed by atoms with E-state index in [0.29, 0.717) is 45.9 Å². The van der Waals surface area contributed by atoms with Gasteiger partial charge in [-0.15, -0.1) is 0 Å². The summed E-state index contributed by atoms with van der Waals surface area (Å²) in [6.45, 7) is 0.512. The molecular weight excluding hydrogens is 444 g/mol. The highest BCUT2D eigenvalue weighted by Crippen LogP contribution is 2.34. The van der Waals surface area contributed by atoms with E-state index in [1.165, 1.54) is 13.2 Å². The zero-order valence-corrected chi connectivity index (χ0v) is 18.4. The highest BCUT2D eigenvalue weighted by molar-refractivity contribution is 6.31. The van der Waals surface area contributed by atoms with Crippen molar-refractivity contribution in [3.63, 3.8) is 0 Å². The van der Waals surface area contributed by atoms with Gasteiger partial charge in [-0.2, -0.15) is 5.26 Å². The zero-order chi connectivity index (χ0) is 23.2. The average molecular weight is 463 g/mol. The van der Waals surface area contributed by atoms with Crippen molar-refractivity contribution in [3.05, 3.63) is 82.4 Å². The number of ether oxygens (including phenoxy) is 4. The van der Waals surface area contributed by atoms with Crippen LogP contribution in [0.5, 0.6) is 23.0 Å². The van der Waals surface area contributed by atoms with E-state index in [4.69, 9.17) is 30.5 Å². The monoisotopic (exact) mass is 462 g/mol. The number of carbonyl (C=O) groups excluding carboxylic acids is 1. The van der Waals surface area contributed by atoms with Crippen LogP contribution in [0.1, 0.15) is 11.1 Å². The van der Waals surface area contributed by atoms with Crippen LogP contribution in [0.4, 0.5) is 5.69 Å². The number of fused-ring (bicyclic) bond motifs is 1. The second-order valence-electron chi connectivity index (χ2n) is 7.02. The lowest BCUT2D eigenvalue weighted by atomic mass is 10.1. The fourth-order valence-electron chi connectivity index (χ4n) is 3.16. The minimum Gasteiger partial charge on any atom is -0.493 e. The number of nitrogens with zero attached hydrogens (tertiary/aromatic N) is 1. The summed E-state index contributed by atoms with van der Waals surface area (Å²) >= 11 is 5.94. The van der Waals surface area contributed by atoms with Gasteiger partial charge in [0.05, 0.1) is 7.11 Å². The molecule has 1 amide bonds. The summed E-state index contributed by atoms with van der Waals surface area (Å²) < 4.78 is 22.0. The molecule has 0 aromatic heterocycles. The van der Waals surface area contributed by atoms with E-state index in [9.17, 15) is 10.1 Å². The van der Waals surface area contributed by atoms with Gasteiger partial charge in [-0.05, 0) is 59.7 Å². The van der Waals surface area contributed by atoms with E-state index in [1.807, 2.05) is 24.3 Å². The molecule has 0 atom stereocenters. The molecule has 0 spiro atoms. The Balaban J connectivity index is 1.47. The Morgan fingerprint density at radius 2 is 1.97 bits per heavy atom. The molecule has 1 heterocycles. The summed E-state index contributed by atoms with van der Waals surface area (Å²) in [6, 6.07) is 19.4. The molecule has 0 unspecified atom stereocenters. The second kappa shape index (κ2) is 9.98. The third-order valence-corrected chi connectivity index (χ3v) is 5.01. The van der Waals surface area contributed by atoms with Crippen LogP contribution in [-0.2, 0) is 11.4 Å². The largest absolute Gasteiger partial charge is 0.493 e. The molecule has 0 fully saturated rings. The van der Waals surface area contributed by atoms with Gasteiger partial charge in [-0.1, -0.05) is 29.8 Å². The maximum absolute atomic E-state index is 12.5. The number of hydrogen-bond donors (Lipinski definition) is 1. The molecule has 0 saturated heterocycles. The Hall–Kier alpha value is -4.15. The summed E-state index contributed by atoms with van der Waals surface area (Å²) in [7, 11) is 1.52. The van der Waals surface area contributed by atoms with Crippen molar-refractivity contribution in [2.24, 2.45) is 0 Å². The molecule has 33 heavy (non-hydrogen) atoms. The van der Waals surface area contributed by atoms with E-state index < -0.39 is 5.91 Å². The highest BCUT2D eigenvalue weighted by Gasteiger charge is 2.14. The van der Waals surface area contributed by atoms with Gasteiger partial charge in [0.25, 0.3) is 5.91 Å². The summed E-state index contributed by atoms with van der Waals surface area (Å²) in [4.78, 5) is 12.5. The predicted molar refractivity (Wildman–Crippen MR) is 124 cm³/mol. The molecular formula is C25H19ClN2O5. The summed E-state index contributed by atoms with van der Waals surface area (Å²) in [6.07, 6.45) is 1.48. The van der Waals surface area contributed by atoms with Gasteiger partial charge in [-0.25, -0.2) is 0 Å². The molecule has 1 aliphatic heterocycles. The smallest absolute Gasteiger partial charge is 0.266 e. The van der Waals surface area contributed by atoms with Gasteiger partial charge in [0, 0.05) is 10.7 Å². The van der Waals surface area contributed by atoms with Crippen molar-refractivity contribution in [2.45, 2.75) is 6.61 Å². The number of amides is 1. The first-order valence-electron chi connectivity index (χ1n) is 9.94. The van der Waals surface area contributed by atoms with E-state index in [1.54, 1.807) is 42.5 Å². The normalized spacial score (nSPS) is 12.1. The molecule has 7 nitrogen and oxygen atoms in total. The molecule has 0 saturated carbocycles. The molecule has 8 heteroatoms. The molecule has 0 radical (unpaired) electrons. The van der Waals surface area contributed by atoms with Gasteiger partial charge in [0.2, 0.25) is 6.79 Å². The number of nitrogens with one attached hydrogen (secondary N) is 1. The Bertz CT molecular complexity index is 1270. The summed E-state index contributed by atoms with van der Waals surface area (Å²) in [5.74, 6) is 1.84. The number of methoxy groups -OCH3 is 1. The van der Waals surface area contributed by atoms with E-state index in [-0.39, 0.29) is 12.4 Å². The molecule has 166 valence electrons. The van der Waals surface area contributed by atoms with Gasteiger partial charge >= 0.3 is 0 Å². The number of anilines is 1. The Kier molecular flexibility index (Phi) is 6.67. The number of rotatable bonds is 7. The maximum atomic E-state index is 12.5. The molecule has 1 N–H and O–H groups in total. The number of hydrogen-bond acceptors (Lipinski definition) is 6. The lowest BCUT2D eigenvalue weighted by Crippen LogP contribution is -2.13. The first-order chi connectivity index (χ1) is 16.1. The fourth-order valence-corrected chi connectivity index (χ4v) is 3.36. The summed E-state index contributed by atoms with van der Waals surface area (Å²) in [5.41, 5.74) is 1.96. The number of carbonyl (C=O) groups is 1. The van der Waals surface area contributed by atoms with E-state index in [0.717, 1.165) is 5.56 Å². The van der Waals surface area contributed by atoms with Crippen LogP contribution in [0.15, 0.2) is 66.2 Å². The Labute approximate surface area is 195 Å². The second-order valence-corrected chi connectivity index (χ2v) is 7.46. The average Bonchev–Trinajstić information content (AvgIpc) is 3.29. The fraction of sp³-hybridized carbons (Fsp3) is 0.120. The molecule has 3 aromatic carbocycles. The van der Waals surface area contributed by atoms with Crippen LogP contribution in [0.25, 0.3) is 6.08 Å². The minimum absolute atomic E-state index is 0.0638. The van der Waals surface area contributed by atoms with Crippen molar-refractivity contribution in [1.29, 1.82) is 5.26 Å².